The lowest BCUT2D eigenvalue weighted by Crippen LogP contribution is -2.44. The highest BCUT2D eigenvalue weighted by atomic mass is 16.5. The molecular formula is C20H25N3O3. The number of amides is 2. The topological polar surface area (TPSA) is 71.0 Å². The maximum atomic E-state index is 12.3. The Bertz CT molecular complexity index is 731. The second-order valence-corrected chi connectivity index (χ2v) is 7.50. The van der Waals surface area contributed by atoms with Gasteiger partial charge in [0.05, 0.1) is 5.69 Å². The first-order valence-corrected chi connectivity index (χ1v) is 9.57. The number of ether oxygens (including phenoxy) is 1. The maximum absolute atomic E-state index is 12.3. The number of benzene rings is 1. The Morgan fingerprint density at radius 3 is 2.88 bits per heavy atom. The number of para-hydroxylation sites is 2. The molecule has 2 atom stereocenters. The van der Waals surface area contributed by atoms with Crippen molar-refractivity contribution in [1.29, 1.82) is 0 Å². The van der Waals surface area contributed by atoms with Crippen LogP contribution in [0.4, 0.5) is 5.69 Å². The van der Waals surface area contributed by atoms with E-state index in [4.69, 9.17) is 4.74 Å². The van der Waals surface area contributed by atoms with Crippen LogP contribution in [0.2, 0.25) is 0 Å². The van der Waals surface area contributed by atoms with Gasteiger partial charge in [-0.15, -0.1) is 0 Å². The normalized spacial score (nSPS) is 26.7. The van der Waals surface area contributed by atoms with Gasteiger partial charge in [-0.1, -0.05) is 31.4 Å². The molecule has 1 aromatic carbocycles. The van der Waals surface area contributed by atoms with Crippen LogP contribution in [0.5, 0.6) is 5.75 Å². The van der Waals surface area contributed by atoms with E-state index in [1.54, 1.807) is 12.1 Å². The van der Waals surface area contributed by atoms with Gasteiger partial charge in [0.15, 0.2) is 6.61 Å². The van der Waals surface area contributed by atoms with Crippen molar-refractivity contribution < 1.29 is 14.3 Å². The quantitative estimate of drug-likeness (QED) is 0.848. The lowest BCUT2D eigenvalue weighted by molar-refractivity contribution is -0.125. The Morgan fingerprint density at radius 1 is 1.19 bits per heavy atom. The van der Waals surface area contributed by atoms with Gasteiger partial charge in [-0.2, -0.15) is 5.10 Å². The highest BCUT2D eigenvalue weighted by Crippen LogP contribution is 2.39. The molecular weight excluding hydrogens is 330 g/mol. The Labute approximate surface area is 153 Å². The zero-order valence-corrected chi connectivity index (χ0v) is 14.9. The molecule has 0 saturated heterocycles. The molecule has 2 amide bonds. The van der Waals surface area contributed by atoms with Gasteiger partial charge in [0.25, 0.3) is 11.8 Å². The average Bonchev–Trinajstić information content (AvgIpc) is 2.68. The molecule has 1 aromatic rings. The number of hydrogen-bond donors (Lipinski definition) is 1. The lowest BCUT2D eigenvalue weighted by Gasteiger charge is -2.35. The third-order valence-corrected chi connectivity index (χ3v) is 5.82. The Kier molecular flexibility index (Phi) is 4.91. The van der Waals surface area contributed by atoms with Crippen LogP contribution in [-0.2, 0) is 9.59 Å². The monoisotopic (exact) mass is 355 g/mol. The number of carbonyl (C=O) groups excluding carboxylic acids is 2. The van der Waals surface area contributed by atoms with Gasteiger partial charge in [-0.05, 0) is 49.7 Å². The second kappa shape index (κ2) is 7.48. The van der Waals surface area contributed by atoms with E-state index < -0.39 is 0 Å². The summed E-state index contributed by atoms with van der Waals surface area (Å²) in [5.41, 5.74) is 4.39. The fraction of sp³-hybridized carbons (Fsp3) is 0.550. The number of carbonyl (C=O) groups is 2. The largest absolute Gasteiger partial charge is 0.482 e. The summed E-state index contributed by atoms with van der Waals surface area (Å²) >= 11 is 0. The zero-order valence-electron chi connectivity index (χ0n) is 14.9. The van der Waals surface area contributed by atoms with Crippen molar-refractivity contribution in [1.82, 2.24) is 5.43 Å². The van der Waals surface area contributed by atoms with Gasteiger partial charge >= 0.3 is 0 Å². The molecule has 6 heteroatoms. The smallest absolute Gasteiger partial charge is 0.265 e. The Hall–Kier alpha value is -2.37. The standard InChI is InChI=1S/C20H25N3O3/c24-19(12-23-17-7-3-4-8-18(17)26-13-20(23)25)22-21-16-10-9-14-5-1-2-6-15(14)11-16/h3-4,7-8,14-15H,1-2,5-6,9-13H2,(H,22,24)/b21-16+/t14-,15-/m1/s1. The summed E-state index contributed by atoms with van der Waals surface area (Å²) in [4.78, 5) is 25.9. The number of anilines is 1. The van der Waals surface area contributed by atoms with Gasteiger partial charge in [0.2, 0.25) is 0 Å². The van der Waals surface area contributed by atoms with Crippen molar-refractivity contribution in [3.8, 4) is 5.75 Å². The molecule has 0 aromatic heterocycles. The molecule has 0 spiro atoms. The fourth-order valence-electron chi connectivity index (χ4n) is 4.44. The average molecular weight is 355 g/mol. The van der Waals surface area contributed by atoms with Gasteiger partial charge in [0.1, 0.15) is 12.3 Å². The molecule has 1 aliphatic heterocycles. The fourth-order valence-corrected chi connectivity index (χ4v) is 4.44. The first kappa shape index (κ1) is 17.1. The third kappa shape index (κ3) is 3.59. The summed E-state index contributed by atoms with van der Waals surface area (Å²) in [6.45, 7) is -0.0794. The number of nitrogens with zero attached hydrogens (tertiary/aromatic N) is 2. The molecule has 138 valence electrons. The summed E-state index contributed by atoms with van der Waals surface area (Å²) in [5, 5.41) is 4.37. The minimum absolute atomic E-state index is 0.0396. The molecule has 0 radical (unpaired) electrons. The van der Waals surface area contributed by atoms with E-state index >= 15 is 0 Å². The summed E-state index contributed by atoms with van der Waals surface area (Å²) in [5.74, 6) is 1.73. The van der Waals surface area contributed by atoms with Crippen molar-refractivity contribution in [2.75, 3.05) is 18.1 Å². The number of hydrazone groups is 1. The molecule has 2 saturated carbocycles. The minimum Gasteiger partial charge on any atom is -0.482 e. The van der Waals surface area contributed by atoms with Crippen LogP contribution in [-0.4, -0.2) is 30.7 Å². The van der Waals surface area contributed by atoms with E-state index in [1.807, 2.05) is 12.1 Å². The first-order valence-electron chi connectivity index (χ1n) is 9.57. The van der Waals surface area contributed by atoms with E-state index in [1.165, 1.54) is 37.0 Å². The molecule has 0 unspecified atom stereocenters. The van der Waals surface area contributed by atoms with Crippen LogP contribution in [0.15, 0.2) is 29.4 Å². The molecule has 2 fully saturated rings. The summed E-state index contributed by atoms with van der Waals surface area (Å²) in [6, 6.07) is 7.26. The van der Waals surface area contributed by atoms with Crippen molar-refractivity contribution in [3.63, 3.8) is 0 Å². The predicted molar refractivity (Wildman–Crippen MR) is 99.2 cm³/mol. The van der Waals surface area contributed by atoms with Crippen molar-refractivity contribution in [2.45, 2.75) is 44.9 Å². The third-order valence-electron chi connectivity index (χ3n) is 5.82. The number of rotatable bonds is 3. The lowest BCUT2D eigenvalue weighted by atomic mass is 9.70. The summed E-state index contributed by atoms with van der Waals surface area (Å²) in [6.07, 6.45) is 8.48. The van der Waals surface area contributed by atoms with E-state index in [9.17, 15) is 9.59 Å². The molecule has 6 nitrogen and oxygen atoms in total. The molecule has 3 aliphatic rings. The van der Waals surface area contributed by atoms with Gasteiger partial charge in [-0.3, -0.25) is 14.5 Å². The molecule has 4 rings (SSSR count). The van der Waals surface area contributed by atoms with E-state index in [-0.39, 0.29) is 25.0 Å². The van der Waals surface area contributed by atoms with Crippen molar-refractivity contribution >= 4 is 23.2 Å². The van der Waals surface area contributed by atoms with Crippen molar-refractivity contribution in [2.24, 2.45) is 16.9 Å². The predicted octanol–water partition coefficient (Wildman–Crippen LogP) is 2.87. The SMILES string of the molecule is O=C(CN1C(=O)COc2ccccc21)N/N=C1\CC[C@H]2CCCC[C@@H]2C1. The highest BCUT2D eigenvalue weighted by molar-refractivity contribution is 6.02. The molecule has 2 aliphatic carbocycles. The molecule has 0 bridgehead atoms. The van der Waals surface area contributed by atoms with Crippen LogP contribution in [0.3, 0.4) is 0 Å². The summed E-state index contributed by atoms with van der Waals surface area (Å²) < 4.78 is 5.40. The minimum atomic E-state index is -0.270. The first-order chi connectivity index (χ1) is 12.7. The van der Waals surface area contributed by atoms with E-state index in [0.717, 1.165) is 30.4 Å². The number of nitrogens with one attached hydrogen (secondary N) is 1. The van der Waals surface area contributed by atoms with Crippen LogP contribution < -0.4 is 15.1 Å². The zero-order chi connectivity index (χ0) is 17.9. The van der Waals surface area contributed by atoms with Crippen LogP contribution in [0.1, 0.15) is 44.9 Å². The number of fused-ring (bicyclic) bond motifs is 2. The van der Waals surface area contributed by atoms with Gasteiger partial charge < -0.3 is 4.74 Å². The van der Waals surface area contributed by atoms with Crippen LogP contribution in [0, 0.1) is 11.8 Å². The molecule has 26 heavy (non-hydrogen) atoms. The van der Waals surface area contributed by atoms with Gasteiger partial charge in [-0.25, -0.2) is 5.43 Å². The van der Waals surface area contributed by atoms with E-state index in [0.29, 0.717) is 11.4 Å². The second-order valence-electron chi connectivity index (χ2n) is 7.50. The van der Waals surface area contributed by atoms with Gasteiger partial charge in [0, 0.05) is 5.71 Å². The van der Waals surface area contributed by atoms with Crippen LogP contribution >= 0.6 is 0 Å². The van der Waals surface area contributed by atoms with E-state index in [2.05, 4.69) is 10.5 Å². The van der Waals surface area contributed by atoms with Crippen molar-refractivity contribution in [3.05, 3.63) is 24.3 Å². The molecule has 1 heterocycles. The molecule has 1 N–H and O–H groups in total. The Morgan fingerprint density at radius 2 is 2.00 bits per heavy atom. The summed E-state index contributed by atoms with van der Waals surface area (Å²) in [7, 11) is 0. The number of hydrogen-bond acceptors (Lipinski definition) is 4. The Balaban J connectivity index is 1.36. The maximum Gasteiger partial charge on any atom is 0.265 e. The highest BCUT2D eigenvalue weighted by Gasteiger charge is 2.30. The van der Waals surface area contributed by atoms with Crippen LogP contribution in [0.25, 0.3) is 0 Å².